The number of benzene rings is 5. The lowest BCUT2D eigenvalue weighted by molar-refractivity contribution is 0.660. The Morgan fingerprint density at radius 1 is 0.606 bits per heavy atom. The Balaban J connectivity index is 1.50. The Labute approximate surface area is 193 Å². The molecule has 0 spiro atoms. The number of pyridine rings is 1. The van der Waals surface area contributed by atoms with Gasteiger partial charge in [0.1, 0.15) is 0 Å². The van der Waals surface area contributed by atoms with Crippen LogP contribution in [0.4, 0.5) is 0 Å². The van der Waals surface area contributed by atoms with Crippen LogP contribution in [0.15, 0.2) is 103 Å². The smallest absolute Gasteiger partial charge is 0.0749 e. The second-order valence-corrected chi connectivity index (χ2v) is 9.64. The molecule has 0 N–H and O–H groups in total. The summed E-state index contributed by atoms with van der Waals surface area (Å²) in [5, 5.41) is 7.73. The summed E-state index contributed by atoms with van der Waals surface area (Å²) >= 11 is 0. The van der Waals surface area contributed by atoms with Gasteiger partial charge in [-0.05, 0) is 66.7 Å². The number of fused-ring (bicyclic) bond motifs is 8. The van der Waals surface area contributed by atoms with Gasteiger partial charge in [0.25, 0.3) is 0 Å². The van der Waals surface area contributed by atoms with Crippen LogP contribution in [0.5, 0.6) is 0 Å². The van der Waals surface area contributed by atoms with Gasteiger partial charge < -0.3 is 0 Å². The maximum atomic E-state index is 4.95. The van der Waals surface area contributed by atoms with Crippen molar-refractivity contribution in [2.24, 2.45) is 0 Å². The van der Waals surface area contributed by atoms with Gasteiger partial charge in [0.05, 0.1) is 5.69 Å². The van der Waals surface area contributed by atoms with Crippen LogP contribution in [-0.4, -0.2) is 4.98 Å². The van der Waals surface area contributed by atoms with Crippen molar-refractivity contribution in [1.29, 1.82) is 0 Å². The fourth-order valence-electron chi connectivity index (χ4n) is 5.90. The van der Waals surface area contributed by atoms with Gasteiger partial charge >= 0.3 is 0 Å². The van der Waals surface area contributed by atoms with Crippen molar-refractivity contribution >= 4 is 32.3 Å². The number of rotatable bonds is 1. The van der Waals surface area contributed by atoms with Gasteiger partial charge in [0.15, 0.2) is 0 Å². The van der Waals surface area contributed by atoms with Crippen LogP contribution in [0, 0.1) is 0 Å². The predicted octanol–water partition coefficient (Wildman–Crippen LogP) is 8.51. The second kappa shape index (κ2) is 6.52. The van der Waals surface area contributed by atoms with E-state index >= 15 is 0 Å². The molecule has 33 heavy (non-hydrogen) atoms. The van der Waals surface area contributed by atoms with Crippen molar-refractivity contribution < 1.29 is 0 Å². The Hall–Kier alpha value is -3.97. The summed E-state index contributed by atoms with van der Waals surface area (Å²) in [7, 11) is 0. The molecule has 0 saturated carbocycles. The first kappa shape index (κ1) is 18.6. The van der Waals surface area contributed by atoms with Crippen molar-refractivity contribution in [2.75, 3.05) is 0 Å². The van der Waals surface area contributed by atoms with Gasteiger partial charge in [-0.25, -0.2) is 0 Å². The first-order chi connectivity index (χ1) is 16.1. The summed E-state index contributed by atoms with van der Waals surface area (Å²) in [6.07, 6.45) is 1.98. The van der Waals surface area contributed by atoms with Gasteiger partial charge in [0, 0.05) is 17.2 Å². The van der Waals surface area contributed by atoms with Gasteiger partial charge in [-0.1, -0.05) is 98.8 Å². The third kappa shape index (κ3) is 2.51. The highest BCUT2D eigenvalue weighted by Gasteiger charge is 2.39. The summed E-state index contributed by atoms with van der Waals surface area (Å²) < 4.78 is 0. The molecule has 5 aromatic carbocycles. The molecule has 1 aromatic heterocycles. The van der Waals surface area contributed by atoms with E-state index < -0.39 is 0 Å². The largest absolute Gasteiger partial charge is 0.256 e. The number of hydrogen-bond acceptors (Lipinski definition) is 1. The van der Waals surface area contributed by atoms with Crippen LogP contribution in [0.2, 0.25) is 0 Å². The second-order valence-electron chi connectivity index (χ2n) is 9.64. The highest BCUT2D eigenvalue weighted by molar-refractivity contribution is 6.09. The molecule has 156 valence electrons. The highest BCUT2D eigenvalue weighted by Crippen LogP contribution is 2.53. The molecule has 0 bridgehead atoms. The van der Waals surface area contributed by atoms with Crippen LogP contribution >= 0.6 is 0 Å². The van der Waals surface area contributed by atoms with Crippen LogP contribution in [0.1, 0.15) is 25.0 Å². The Kier molecular flexibility index (Phi) is 3.67. The number of nitrogens with zero attached hydrogens (tertiary/aromatic N) is 1. The lowest BCUT2D eigenvalue weighted by Crippen LogP contribution is -2.16. The topological polar surface area (TPSA) is 12.9 Å². The fraction of sp³-hybridized carbons (Fsp3) is 0.0938. The van der Waals surface area contributed by atoms with E-state index in [1.54, 1.807) is 0 Å². The molecule has 1 aliphatic rings. The molecule has 7 rings (SSSR count). The maximum absolute atomic E-state index is 4.95. The minimum atomic E-state index is -0.114. The van der Waals surface area contributed by atoms with Gasteiger partial charge in [-0.3, -0.25) is 4.98 Å². The average molecular weight is 422 g/mol. The lowest BCUT2D eigenvalue weighted by atomic mass is 9.80. The summed E-state index contributed by atoms with van der Waals surface area (Å²) in [6, 6.07) is 35.4. The van der Waals surface area contributed by atoms with Crippen molar-refractivity contribution in [3.05, 3.63) is 114 Å². The maximum Gasteiger partial charge on any atom is 0.0749 e. The minimum Gasteiger partial charge on any atom is -0.256 e. The molecule has 1 heteroatoms. The molecule has 1 aliphatic carbocycles. The minimum absolute atomic E-state index is 0.114. The van der Waals surface area contributed by atoms with E-state index in [9.17, 15) is 0 Å². The predicted molar refractivity (Wildman–Crippen MR) is 140 cm³/mol. The quantitative estimate of drug-likeness (QED) is 0.242. The molecule has 6 aromatic rings. The fourth-order valence-corrected chi connectivity index (χ4v) is 5.90. The molecule has 0 amide bonds. The number of aromatic nitrogens is 1. The van der Waals surface area contributed by atoms with Crippen LogP contribution in [0.25, 0.3) is 54.7 Å². The van der Waals surface area contributed by atoms with Crippen molar-refractivity contribution in [1.82, 2.24) is 4.98 Å². The zero-order valence-corrected chi connectivity index (χ0v) is 18.8. The summed E-state index contributed by atoms with van der Waals surface area (Å²) in [4.78, 5) is 4.95. The van der Waals surface area contributed by atoms with E-state index in [1.165, 1.54) is 60.1 Å². The molecule has 0 atom stereocenters. The van der Waals surface area contributed by atoms with Gasteiger partial charge in [0.2, 0.25) is 0 Å². The van der Waals surface area contributed by atoms with Gasteiger partial charge in [-0.15, -0.1) is 0 Å². The summed E-state index contributed by atoms with van der Waals surface area (Å²) in [5.41, 5.74) is 7.55. The van der Waals surface area contributed by atoms with E-state index in [0.717, 1.165) is 5.69 Å². The zero-order chi connectivity index (χ0) is 22.2. The SMILES string of the molecule is CC1(C)c2ccc3ccccc3c2-c2ccnc(-c3ccc4c(ccc5ccccc54)c3)c21. The number of hydrogen-bond donors (Lipinski definition) is 0. The molecule has 0 radical (unpaired) electrons. The molecule has 0 fully saturated rings. The third-order valence-corrected chi connectivity index (χ3v) is 7.47. The molecule has 0 unspecified atom stereocenters. The first-order valence-electron chi connectivity index (χ1n) is 11.6. The zero-order valence-electron chi connectivity index (χ0n) is 18.8. The molecular weight excluding hydrogens is 398 g/mol. The van der Waals surface area contributed by atoms with Crippen LogP contribution in [-0.2, 0) is 5.41 Å². The van der Waals surface area contributed by atoms with Crippen LogP contribution < -0.4 is 0 Å². The van der Waals surface area contributed by atoms with E-state index in [-0.39, 0.29) is 5.41 Å². The lowest BCUT2D eigenvalue weighted by Gasteiger charge is -2.24. The molecule has 1 nitrogen and oxygen atoms in total. The van der Waals surface area contributed by atoms with E-state index in [1.807, 2.05) is 6.20 Å². The summed E-state index contributed by atoms with van der Waals surface area (Å²) in [6.45, 7) is 4.68. The third-order valence-electron chi connectivity index (χ3n) is 7.47. The van der Waals surface area contributed by atoms with Crippen molar-refractivity contribution in [3.8, 4) is 22.4 Å². The first-order valence-corrected chi connectivity index (χ1v) is 11.6. The van der Waals surface area contributed by atoms with E-state index in [4.69, 9.17) is 4.98 Å². The normalized spacial score (nSPS) is 14.0. The van der Waals surface area contributed by atoms with Crippen LogP contribution in [0.3, 0.4) is 0 Å². The van der Waals surface area contributed by atoms with E-state index in [2.05, 4.69) is 111 Å². The Morgan fingerprint density at radius 2 is 1.27 bits per heavy atom. The van der Waals surface area contributed by atoms with Crippen molar-refractivity contribution in [2.45, 2.75) is 19.3 Å². The standard InChI is InChI=1S/C32H23N/c1-32(2)28-16-14-21-8-4-6-10-26(21)29(28)27-17-18-33-31(30(27)32)23-13-15-25-22(19-23)12-11-20-7-3-5-9-24(20)25/h3-19H,1-2H3. The molecule has 0 aliphatic heterocycles. The van der Waals surface area contributed by atoms with Gasteiger partial charge in [-0.2, -0.15) is 0 Å². The Bertz CT molecular complexity index is 1740. The average Bonchev–Trinajstić information content (AvgIpc) is 3.11. The monoisotopic (exact) mass is 421 g/mol. The molecule has 0 saturated heterocycles. The highest BCUT2D eigenvalue weighted by atomic mass is 14.7. The Morgan fingerprint density at radius 3 is 2.12 bits per heavy atom. The van der Waals surface area contributed by atoms with E-state index in [0.29, 0.717) is 0 Å². The molecular formula is C32H23N. The summed E-state index contributed by atoms with van der Waals surface area (Å²) in [5.74, 6) is 0. The van der Waals surface area contributed by atoms with Crippen molar-refractivity contribution in [3.63, 3.8) is 0 Å². The molecule has 1 heterocycles.